The number of carbonyl (C=O) groups is 1. The van der Waals surface area contributed by atoms with Crippen LogP contribution in [0.25, 0.3) is 0 Å². The molecule has 2 fully saturated rings. The van der Waals surface area contributed by atoms with Crippen molar-refractivity contribution in [3.05, 3.63) is 47.4 Å². The second-order valence-electron chi connectivity index (χ2n) is 7.46. The van der Waals surface area contributed by atoms with Crippen molar-refractivity contribution in [1.82, 2.24) is 0 Å². The van der Waals surface area contributed by atoms with Crippen molar-refractivity contribution in [2.24, 2.45) is 16.7 Å². The summed E-state index contributed by atoms with van der Waals surface area (Å²) < 4.78 is 12.7. The van der Waals surface area contributed by atoms with Gasteiger partial charge in [-0.05, 0) is 42.1 Å². The van der Waals surface area contributed by atoms with E-state index in [1.54, 1.807) is 17.5 Å². The predicted octanol–water partition coefficient (Wildman–Crippen LogP) is 4.35. The fourth-order valence-electron chi connectivity index (χ4n) is 4.40. The Balaban J connectivity index is 1.74. The number of hydrogen-bond acceptors (Lipinski definition) is 2. The van der Waals surface area contributed by atoms with Gasteiger partial charge in [0.05, 0.1) is 0 Å². The summed E-state index contributed by atoms with van der Waals surface area (Å²) in [7, 11) is -1.08. The van der Waals surface area contributed by atoms with E-state index in [0.29, 0.717) is 11.5 Å². The van der Waals surface area contributed by atoms with Gasteiger partial charge in [0, 0.05) is 27.0 Å². The van der Waals surface area contributed by atoms with Gasteiger partial charge in [0.2, 0.25) is 0 Å². The van der Waals surface area contributed by atoms with Gasteiger partial charge in [-0.3, -0.25) is 9.00 Å². The minimum atomic E-state index is -1.08. The Labute approximate surface area is 135 Å². The standard InChI is InChI=1S/C19H24O2S/c1-18(2)15-9-11-19(18,3)17(13-15)22(21)12-10-16(20)14-7-5-4-6-8-14/h4-8,10,12,15,17H,9,11,13H2,1-3H3/b12-10+/t15-,17-,19+,22+/m0/s1. The van der Waals surface area contributed by atoms with Crippen LogP contribution in [0.4, 0.5) is 0 Å². The zero-order valence-corrected chi connectivity index (χ0v) is 14.4. The number of fused-ring (bicyclic) bond motifs is 2. The van der Waals surface area contributed by atoms with Crippen molar-refractivity contribution in [2.45, 2.75) is 45.3 Å². The molecule has 3 rings (SSSR count). The van der Waals surface area contributed by atoms with E-state index in [2.05, 4.69) is 20.8 Å². The summed E-state index contributed by atoms with van der Waals surface area (Å²) in [6.07, 6.45) is 4.93. The molecule has 0 aromatic heterocycles. The van der Waals surface area contributed by atoms with Crippen LogP contribution in [-0.2, 0) is 10.8 Å². The highest BCUT2D eigenvalue weighted by Crippen LogP contribution is 2.66. The van der Waals surface area contributed by atoms with Crippen LogP contribution in [0.5, 0.6) is 0 Å². The van der Waals surface area contributed by atoms with E-state index < -0.39 is 10.8 Å². The fourth-order valence-corrected chi connectivity index (χ4v) is 6.21. The molecular weight excluding hydrogens is 292 g/mol. The van der Waals surface area contributed by atoms with Crippen molar-refractivity contribution in [2.75, 3.05) is 0 Å². The molecule has 1 aromatic carbocycles. The number of rotatable bonds is 4. The van der Waals surface area contributed by atoms with Crippen LogP contribution in [0.15, 0.2) is 41.8 Å². The van der Waals surface area contributed by atoms with Crippen LogP contribution in [0, 0.1) is 16.7 Å². The molecule has 0 amide bonds. The van der Waals surface area contributed by atoms with Crippen LogP contribution < -0.4 is 0 Å². The summed E-state index contributed by atoms with van der Waals surface area (Å²) in [5.41, 5.74) is 1.03. The zero-order chi connectivity index (χ0) is 16.0. The molecule has 0 unspecified atom stereocenters. The Morgan fingerprint density at radius 1 is 1.23 bits per heavy atom. The molecule has 2 bridgehead atoms. The predicted molar refractivity (Wildman–Crippen MR) is 91.1 cm³/mol. The van der Waals surface area contributed by atoms with E-state index in [9.17, 15) is 9.00 Å². The quantitative estimate of drug-likeness (QED) is 0.611. The Kier molecular flexibility index (Phi) is 3.88. The van der Waals surface area contributed by atoms with E-state index in [1.165, 1.54) is 12.5 Å². The second kappa shape index (κ2) is 5.45. The molecule has 118 valence electrons. The van der Waals surface area contributed by atoms with Gasteiger partial charge in [0.1, 0.15) is 0 Å². The van der Waals surface area contributed by atoms with Gasteiger partial charge in [0.25, 0.3) is 0 Å². The Hall–Kier alpha value is -1.22. The summed E-state index contributed by atoms with van der Waals surface area (Å²) in [5.74, 6) is 0.603. The summed E-state index contributed by atoms with van der Waals surface area (Å²) in [6.45, 7) is 6.93. The van der Waals surface area contributed by atoms with Crippen LogP contribution in [-0.4, -0.2) is 15.2 Å². The lowest BCUT2D eigenvalue weighted by atomic mass is 9.71. The average molecular weight is 316 g/mol. The molecule has 22 heavy (non-hydrogen) atoms. The first kappa shape index (κ1) is 15.7. The van der Waals surface area contributed by atoms with E-state index in [1.807, 2.05) is 18.2 Å². The van der Waals surface area contributed by atoms with Crippen molar-refractivity contribution in [1.29, 1.82) is 0 Å². The molecule has 2 saturated carbocycles. The summed E-state index contributed by atoms with van der Waals surface area (Å²) in [6, 6.07) is 9.15. The Bertz CT molecular complexity index is 632. The van der Waals surface area contributed by atoms with Gasteiger partial charge in [-0.15, -0.1) is 0 Å². The van der Waals surface area contributed by atoms with E-state index in [4.69, 9.17) is 0 Å². The maximum Gasteiger partial charge on any atom is 0.186 e. The number of hydrogen-bond donors (Lipinski definition) is 0. The molecule has 0 spiro atoms. The summed E-state index contributed by atoms with van der Waals surface area (Å²) in [5, 5.41) is 1.81. The lowest BCUT2D eigenvalue weighted by molar-refractivity contribution is 0.104. The minimum Gasteiger partial charge on any atom is -0.289 e. The molecule has 3 heteroatoms. The number of carbonyl (C=O) groups excluding carboxylic acids is 1. The van der Waals surface area contributed by atoms with Crippen LogP contribution >= 0.6 is 0 Å². The topological polar surface area (TPSA) is 34.1 Å². The SMILES string of the molecule is CC1(C)[C@H]2CC[C@]1(C)[C@@H]([S@](=O)/C=C/C(=O)c1ccccc1)C2. The lowest BCUT2D eigenvalue weighted by Gasteiger charge is -2.38. The molecule has 0 aliphatic heterocycles. The summed E-state index contributed by atoms with van der Waals surface area (Å²) in [4.78, 5) is 12.1. The molecular formula is C19H24O2S. The molecule has 0 radical (unpaired) electrons. The lowest BCUT2D eigenvalue weighted by Crippen LogP contribution is -2.37. The number of benzene rings is 1. The van der Waals surface area contributed by atoms with Gasteiger partial charge in [0.15, 0.2) is 5.78 Å². The third kappa shape index (κ3) is 2.30. The number of ketones is 1. The first-order valence-corrected chi connectivity index (χ1v) is 9.31. The highest BCUT2D eigenvalue weighted by molar-refractivity contribution is 7.88. The van der Waals surface area contributed by atoms with Crippen LogP contribution in [0.1, 0.15) is 50.4 Å². The first-order chi connectivity index (χ1) is 10.4. The average Bonchev–Trinajstić information content (AvgIpc) is 2.86. The van der Waals surface area contributed by atoms with Gasteiger partial charge < -0.3 is 0 Å². The molecule has 2 nitrogen and oxygen atoms in total. The van der Waals surface area contributed by atoms with Crippen molar-refractivity contribution >= 4 is 16.6 Å². The fraction of sp³-hybridized carbons (Fsp3) is 0.526. The van der Waals surface area contributed by atoms with Crippen molar-refractivity contribution < 1.29 is 9.00 Å². The van der Waals surface area contributed by atoms with E-state index in [-0.39, 0.29) is 21.9 Å². The molecule has 2 aliphatic rings. The van der Waals surface area contributed by atoms with Gasteiger partial charge >= 0.3 is 0 Å². The molecule has 1 aromatic rings. The number of allylic oxidation sites excluding steroid dienone is 1. The third-order valence-corrected chi connectivity index (χ3v) is 8.08. The molecule has 2 aliphatic carbocycles. The van der Waals surface area contributed by atoms with Crippen molar-refractivity contribution in [3.63, 3.8) is 0 Å². The highest BCUT2D eigenvalue weighted by Gasteiger charge is 2.62. The van der Waals surface area contributed by atoms with E-state index in [0.717, 1.165) is 12.8 Å². The van der Waals surface area contributed by atoms with Gasteiger partial charge in [-0.25, -0.2) is 0 Å². The molecule has 0 saturated heterocycles. The Morgan fingerprint density at radius 2 is 1.91 bits per heavy atom. The van der Waals surface area contributed by atoms with Gasteiger partial charge in [-0.1, -0.05) is 51.1 Å². The maximum absolute atomic E-state index is 12.7. The van der Waals surface area contributed by atoms with E-state index >= 15 is 0 Å². The summed E-state index contributed by atoms with van der Waals surface area (Å²) >= 11 is 0. The monoisotopic (exact) mass is 316 g/mol. The molecule has 0 N–H and O–H groups in total. The van der Waals surface area contributed by atoms with Gasteiger partial charge in [-0.2, -0.15) is 0 Å². The van der Waals surface area contributed by atoms with Crippen LogP contribution in [0.3, 0.4) is 0 Å². The van der Waals surface area contributed by atoms with Crippen LogP contribution in [0.2, 0.25) is 0 Å². The molecule has 4 atom stereocenters. The first-order valence-electron chi connectivity index (χ1n) is 8.03. The zero-order valence-electron chi connectivity index (χ0n) is 13.5. The second-order valence-corrected chi connectivity index (χ2v) is 8.96. The smallest absolute Gasteiger partial charge is 0.186 e. The highest BCUT2D eigenvalue weighted by atomic mass is 32.2. The molecule has 0 heterocycles. The maximum atomic E-state index is 12.7. The van der Waals surface area contributed by atoms with Crippen molar-refractivity contribution in [3.8, 4) is 0 Å². The Morgan fingerprint density at radius 3 is 2.45 bits per heavy atom. The third-order valence-electron chi connectivity index (χ3n) is 6.41. The largest absolute Gasteiger partial charge is 0.289 e. The minimum absolute atomic E-state index is 0.0680. The normalized spacial score (nSPS) is 34.1.